The minimum absolute atomic E-state index is 0.124. The Kier molecular flexibility index (Phi) is 3.74. The SMILES string of the molecule is O=C(NCCn1cc(Cl)cn1)[C@@H]1C[C@H]1c1ccccc1. The van der Waals surface area contributed by atoms with Crippen LogP contribution in [0.5, 0.6) is 0 Å². The van der Waals surface area contributed by atoms with E-state index >= 15 is 0 Å². The lowest BCUT2D eigenvalue weighted by Gasteiger charge is -2.05. The number of hydrogen-bond donors (Lipinski definition) is 1. The first-order valence-corrected chi connectivity index (χ1v) is 7.12. The summed E-state index contributed by atoms with van der Waals surface area (Å²) in [4.78, 5) is 12.0. The summed E-state index contributed by atoms with van der Waals surface area (Å²) in [5, 5.41) is 7.64. The summed E-state index contributed by atoms with van der Waals surface area (Å²) in [7, 11) is 0. The molecule has 4 nitrogen and oxygen atoms in total. The fourth-order valence-electron chi connectivity index (χ4n) is 2.44. The molecule has 0 unspecified atom stereocenters. The molecule has 1 amide bonds. The van der Waals surface area contributed by atoms with Crippen LogP contribution in [0.1, 0.15) is 17.9 Å². The lowest BCUT2D eigenvalue weighted by Crippen LogP contribution is -2.29. The van der Waals surface area contributed by atoms with Crippen molar-refractivity contribution >= 4 is 17.5 Å². The topological polar surface area (TPSA) is 46.9 Å². The van der Waals surface area contributed by atoms with Crippen molar-refractivity contribution in [2.75, 3.05) is 6.54 Å². The van der Waals surface area contributed by atoms with Gasteiger partial charge in [-0.05, 0) is 17.9 Å². The van der Waals surface area contributed by atoms with Gasteiger partial charge in [0.1, 0.15) is 0 Å². The van der Waals surface area contributed by atoms with E-state index in [2.05, 4.69) is 22.5 Å². The van der Waals surface area contributed by atoms with E-state index < -0.39 is 0 Å². The zero-order valence-corrected chi connectivity index (χ0v) is 11.8. The number of nitrogens with one attached hydrogen (secondary N) is 1. The Morgan fingerprint density at radius 1 is 1.40 bits per heavy atom. The maximum absolute atomic E-state index is 12.0. The molecule has 1 fully saturated rings. The highest BCUT2D eigenvalue weighted by molar-refractivity contribution is 6.30. The summed E-state index contributed by atoms with van der Waals surface area (Å²) in [6.45, 7) is 1.22. The highest BCUT2D eigenvalue weighted by Crippen LogP contribution is 2.47. The van der Waals surface area contributed by atoms with Crippen LogP contribution in [0.4, 0.5) is 0 Å². The molecule has 0 aliphatic heterocycles. The van der Waals surface area contributed by atoms with Gasteiger partial charge in [0.05, 0.1) is 17.8 Å². The van der Waals surface area contributed by atoms with Crippen molar-refractivity contribution in [3.8, 4) is 0 Å². The van der Waals surface area contributed by atoms with Gasteiger partial charge in [0.15, 0.2) is 0 Å². The molecule has 1 N–H and O–H groups in total. The zero-order chi connectivity index (χ0) is 13.9. The quantitative estimate of drug-likeness (QED) is 0.919. The highest BCUT2D eigenvalue weighted by Gasteiger charge is 2.43. The van der Waals surface area contributed by atoms with Gasteiger partial charge >= 0.3 is 0 Å². The van der Waals surface area contributed by atoms with Gasteiger partial charge in [-0.25, -0.2) is 0 Å². The van der Waals surface area contributed by atoms with Gasteiger partial charge in [-0.3, -0.25) is 9.48 Å². The molecular formula is C15H16ClN3O. The molecule has 3 rings (SSSR count). The number of halogens is 1. The number of rotatable bonds is 5. The maximum atomic E-state index is 12.0. The molecule has 20 heavy (non-hydrogen) atoms. The van der Waals surface area contributed by atoms with Crippen LogP contribution in [0.2, 0.25) is 5.02 Å². The predicted octanol–water partition coefficient (Wildman–Crippen LogP) is 2.46. The van der Waals surface area contributed by atoms with E-state index in [1.807, 2.05) is 18.2 Å². The van der Waals surface area contributed by atoms with Gasteiger partial charge in [0.2, 0.25) is 5.91 Å². The molecule has 0 saturated heterocycles. The lowest BCUT2D eigenvalue weighted by molar-refractivity contribution is -0.122. The first-order chi connectivity index (χ1) is 9.74. The van der Waals surface area contributed by atoms with E-state index in [0.717, 1.165) is 6.42 Å². The fraction of sp³-hybridized carbons (Fsp3) is 0.333. The minimum atomic E-state index is 0.124. The Balaban J connectivity index is 1.45. The van der Waals surface area contributed by atoms with Crippen molar-refractivity contribution < 1.29 is 4.79 Å². The Morgan fingerprint density at radius 2 is 2.20 bits per heavy atom. The molecule has 104 valence electrons. The lowest BCUT2D eigenvalue weighted by atomic mass is 10.1. The maximum Gasteiger partial charge on any atom is 0.223 e. The number of aromatic nitrogens is 2. The van der Waals surface area contributed by atoms with Crippen LogP contribution in [0.25, 0.3) is 0 Å². The van der Waals surface area contributed by atoms with Crippen LogP contribution in [0.3, 0.4) is 0 Å². The van der Waals surface area contributed by atoms with Gasteiger partial charge in [0, 0.05) is 18.7 Å². The van der Waals surface area contributed by atoms with Crippen LogP contribution in [0.15, 0.2) is 42.7 Å². The predicted molar refractivity (Wildman–Crippen MR) is 77.5 cm³/mol. The molecule has 1 aliphatic carbocycles. The Hall–Kier alpha value is -1.81. The van der Waals surface area contributed by atoms with E-state index in [-0.39, 0.29) is 11.8 Å². The van der Waals surface area contributed by atoms with Crippen molar-refractivity contribution in [3.05, 3.63) is 53.3 Å². The van der Waals surface area contributed by atoms with E-state index in [9.17, 15) is 4.79 Å². The number of carbonyl (C=O) groups excluding carboxylic acids is 1. The van der Waals surface area contributed by atoms with Gasteiger partial charge in [-0.1, -0.05) is 41.9 Å². The Morgan fingerprint density at radius 3 is 2.90 bits per heavy atom. The third-order valence-corrected chi connectivity index (χ3v) is 3.79. The highest BCUT2D eigenvalue weighted by atomic mass is 35.5. The molecule has 2 atom stereocenters. The van der Waals surface area contributed by atoms with E-state index in [1.165, 1.54) is 5.56 Å². The number of benzene rings is 1. The number of carbonyl (C=O) groups is 1. The van der Waals surface area contributed by atoms with Crippen LogP contribution in [-0.4, -0.2) is 22.2 Å². The summed E-state index contributed by atoms with van der Waals surface area (Å²) < 4.78 is 1.73. The standard InChI is InChI=1S/C15H16ClN3O/c16-12-9-18-19(10-12)7-6-17-15(20)14-8-13(14)11-4-2-1-3-5-11/h1-5,9-10,13-14H,6-8H2,(H,17,20)/t13-,14+/m0/s1. The molecule has 1 aromatic carbocycles. The van der Waals surface area contributed by atoms with Gasteiger partial charge in [-0.2, -0.15) is 5.10 Å². The molecule has 1 saturated carbocycles. The second kappa shape index (κ2) is 5.67. The molecule has 1 heterocycles. The third-order valence-electron chi connectivity index (χ3n) is 3.60. The molecule has 1 aliphatic rings. The van der Waals surface area contributed by atoms with Crippen molar-refractivity contribution in [3.63, 3.8) is 0 Å². The second-order valence-corrected chi connectivity index (χ2v) is 5.51. The Bertz CT molecular complexity index is 596. The number of amides is 1. The van der Waals surface area contributed by atoms with Gasteiger partial charge in [0.25, 0.3) is 0 Å². The summed E-state index contributed by atoms with van der Waals surface area (Å²) in [5.74, 6) is 0.645. The van der Waals surface area contributed by atoms with E-state index in [4.69, 9.17) is 11.6 Å². The Labute approximate surface area is 122 Å². The number of hydrogen-bond acceptors (Lipinski definition) is 2. The van der Waals surface area contributed by atoms with Crippen LogP contribution < -0.4 is 5.32 Å². The molecule has 5 heteroatoms. The largest absolute Gasteiger partial charge is 0.354 e. The molecule has 0 radical (unpaired) electrons. The minimum Gasteiger partial charge on any atom is -0.354 e. The first kappa shape index (κ1) is 13.2. The summed E-state index contributed by atoms with van der Waals surface area (Å²) in [6.07, 6.45) is 4.29. The van der Waals surface area contributed by atoms with Crippen LogP contribution in [-0.2, 0) is 11.3 Å². The summed E-state index contributed by atoms with van der Waals surface area (Å²) >= 11 is 5.78. The van der Waals surface area contributed by atoms with Crippen LogP contribution >= 0.6 is 11.6 Å². The number of nitrogens with zero attached hydrogens (tertiary/aromatic N) is 2. The van der Waals surface area contributed by atoms with Crippen LogP contribution in [0, 0.1) is 5.92 Å². The monoisotopic (exact) mass is 289 g/mol. The fourth-order valence-corrected chi connectivity index (χ4v) is 2.60. The smallest absolute Gasteiger partial charge is 0.223 e. The first-order valence-electron chi connectivity index (χ1n) is 6.74. The average Bonchev–Trinajstić information content (AvgIpc) is 3.17. The molecule has 1 aromatic heterocycles. The van der Waals surface area contributed by atoms with E-state index in [1.54, 1.807) is 17.1 Å². The molecular weight excluding hydrogens is 274 g/mol. The van der Waals surface area contributed by atoms with Crippen molar-refractivity contribution in [2.45, 2.75) is 18.9 Å². The normalized spacial score (nSPS) is 20.6. The summed E-state index contributed by atoms with van der Waals surface area (Å²) in [5.41, 5.74) is 1.26. The van der Waals surface area contributed by atoms with Crippen molar-refractivity contribution in [1.29, 1.82) is 0 Å². The summed E-state index contributed by atoms with van der Waals surface area (Å²) in [6, 6.07) is 10.2. The van der Waals surface area contributed by atoms with Crippen molar-refractivity contribution in [2.24, 2.45) is 5.92 Å². The second-order valence-electron chi connectivity index (χ2n) is 5.07. The molecule has 2 aromatic rings. The molecule has 0 bridgehead atoms. The van der Waals surface area contributed by atoms with Gasteiger partial charge in [-0.15, -0.1) is 0 Å². The van der Waals surface area contributed by atoms with Crippen molar-refractivity contribution in [1.82, 2.24) is 15.1 Å². The van der Waals surface area contributed by atoms with E-state index in [0.29, 0.717) is 24.0 Å². The molecule has 0 spiro atoms. The zero-order valence-electron chi connectivity index (χ0n) is 11.0. The van der Waals surface area contributed by atoms with Gasteiger partial charge < -0.3 is 5.32 Å². The average molecular weight is 290 g/mol. The third kappa shape index (κ3) is 3.02.